The highest BCUT2D eigenvalue weighted by molar-refractivity contribution is 5.21. The van der Waals surface area contributed by atoms with E-state index in [-0.39, 0.29) is 5.60 Å². The third-order valence-electron chi connectivity index (χ3n) is 3.53. The van der Waals surface area contributed by atoms with Crippen molar-refractivity contribution >= 4 is 0 Å². The van der Waals surface area contributed by atoms with Gasteiger partial charge in [0.2, 0.25) is 0 Å². The molecule has 2 atom stereocenters. The minimum atomic E-state index is 0.0961. The van der Waals surface area contributed by atoms with Gasteiger partial charge < -0.3 is 4.74 Å². The Morgan fingerprint density at radius 1 is 1.58 bits per heavy atom. The first kappa shape index (κ1) is 8.31. The smallest absolute Gasteiger partial charge is 0.0888 e. The van der Waals surface area contributed by atoms with Gasteiger partial charge in [-0.2, -0.15) is 0 Å². The van der Waals surface area contributed by atoms with Gasteiger partial charge in [0.05, 0.1) is 12.2 Å². The van der Waals surface area contributed by atoms with Gasteiger partial charge in [0.25, 0.3) is 0 Å². The molecule has 0 amide bonds. The fourth-order valence-electron chi connectivity index (χ4n) is 2.41. The number of ether oxygens (including phenoxy) is 1. The summed E-state index contributed by atoms with van der Waals surface area (Å²) in [4.78, 5) is 0. The molecule has 0 unspecified atom stereocenters. The largest absolute Gasteiger partial charge is 0.370 e. The lowest BCUT2D eigenvalue weighted by atomic mass is 9.72. The number of hydrogen-bond acceptors (Lipinski definition) is 1. The van der Waals surface area contributed by atoms with Crippen LogP contribution in [0.25, 0.3) is 0 Å². The highest BCUT2D eigenvalue weighted by Gasteiger charge is 2.42. The van der Waals surface area contributed by atoms with E-state index >= 15 is 0 Å². The maximum absolute atomic E-state index is 5.92. The Balaban J connectivity index is 2.32. The summed E-state index contributed by atoms with van der Waals surface area (Å²) in [6.45, 7) is 7.73. The molecule has 0 radical (unpaired) electrons. The van der Waals surface area contributed by atoms with E-state index in [1.807, 2.05) is 0 Å². The number of fused-ring (bicyclic) bond motifs is 2. The molecule has 12 heavy (non-hydrogen) atoms. The van der Waals surface area contributed by atoms with Gasteiger partial charge in [-0.1, -0.05) is 25.5 Å². The van der Waals surface area contributed by atoms with E-state index < -0.39 is 0 Å². The zero-order valence-corrected chi connectivity index (χ0v) is 8.26. The van der Waals surface area contributed by atoms with Crippen LogP contribution in [0, 0.1) is 11.8 Å². The molecule has 0 aromatic carbocycles. The molecular formula is C11H18O. The van der Waals surface area contributed by atoms with Crippen molar-refractivity contribution in [2.24, 2.45) is 11.8 Å². The molecule has 3 rings (SSSR count). The summed E-state index contributed by atoms with van der Waals surface area (Å²) in [5, 5.41) is 0. The second-order valence-corrected chi connectivity index (χ2v) is 4.54. The summed E-state index contributed by atoms with van der Waals surface area (Å²) >= 11 is 0. The Labute approximate surface area is 74.8 Å². The predicted octanol–water partition coefficient (Wildman–Crippen LogP) is 2.77. The molecule has 1 fully saturated rings. The zero-order valence-electron chi connectivity index (χ0n) is 8.26. The third kappa shape index (κ3) is 1.03. The van der Waals surface area contributed by atoms with Crippen LogP contribution in [-0.4, -0.2) is 12.2 Å². The molecular weight excluding hydrogens is 148 g/mol. The summed E-state index contributed by atoms with van der Waals surface area (Å²) in [6.07, 6.45) is 4.93. The molecule has 0 spiro atoms. The van der Waals surface area contributed by atoms with Crippen LogP contribution in [0.3, 0.4) is 0 Å². The van der Waals surface area contributed by atoms with Crippen molar-refractivity contribution in [1.82, 2.24) is 0 Å². The summed E-state index contributed by atoms with van der Waals surface area (Å²) < 4.78 is 5.92. The summed E-state index contributed by atoms with van der Waals surface area (Å²) in [7, 11) is 0. The molecule has 1 heteroatoms. The van der Waals surface area contributed by atoms with Crippen LogP contribution < -0.4 is 0 Å². The van der Waals surface area contributed by atoms with Crippen molar-refractivity contribution < 1.29 is 4.74 Å². The quantitative estimate of drug-likeness (QED) is 0.544. The topological polar surface area (TPSA) is 9.23 Å². The highest BCUT2D eigenvalue weighted by Crippen LogP contribution is 2.43. The Hall–Kier alpha value is -0.300. The first-order chi connectivity index (χ1) is 5.64. The Morgan fingerprint density at radius 3 is 2.67 bits per heavy atom. The SMILES string of the molecule is CC1=C[C@@]2(C(C)C)CC[C@H]1CO2. The monoisotopic (exact) mass is 166 g/mol. The van der Waals surface area contributed by atoms with Crippen molar-refractivity contribution in [2.45, 2.75) is 39.2 Å². The van der Waals surface area contributed by atoms with Gasteiger partial charge in [-0.15, -0.1) is 0 Å². The average Bonchev–Trinajstić information content (AvgIpc) is 2.05. The molecule has 1 saturated heterocycles. The Kier molecular flexibility index (Phi) is 1.80. The lowest BCUT2D eigenvalue weighted by Gasteiger charge is -2.46. The summed E-state index contributed by atoms with van der Waals surface area (Å²) in [6, 6.07) is 0. The van der Waals surface area contributed by atoms with E-state index in [0.717, 1.165) is 12.5 Å². The van der Waals surface area contributed by atoms with Crippen LogP contribution in [0.2, 0.25) is 0 Å². The van der Waals surface area contributed by atoms with E-state index in [2.05, 4.69) is 26.8 Å². The summed E-state index contributed by atoms with van der Waals surface area (Å²) in [5.74, 6) is 1.35. The van der Waals surface area contributed by atoms with Crippen molar-refractivity contribution in [3.05, 3.63) is 11.6 Å². The molecule has 1 aliphatic carbocycles. The van der Waals surface area contributed by atoms with Crippen molar-refractivity contribution in [1.29, 1.82) is 0 Å². The van der Waals surface area contributed by atoms with Crippen LogP contribution in [0.5, 0.6) is 0 Å². The van der Waals surface area contributed by atoms with Gasteiger partial charge in [-0.25, -0.2) is 0 Å². The zero-order chi connectivity index (χ0) is 8.77. The molecule has 0 N–H and O–H groups in total. The molecule has 0 aromatic rings. The van der Waals surface area contributed by atoms with Gasteiger partial charge in [-0.3, -0.25) is 0 Å². The standard InChI is InChI=1S/C11H18O/c1-8(2)11-5-4-10(7-12-11)9(3)6-11/h6,8,10H,4-5,7H2,1-3H3/t10-,11+/m0/s1. The molecule has 3 aliphatic rings. The van der Waals surface area contributed by atoms with Gasteiger partial charge in [-0.05, 0) is 25.7 Å². The lowest BCUT2D eigenvalue weighted by molar-refractivity contribution is -0.102. The normalized spacial score (nSPS) is 40.3. The van der Waals surface area contributed by atoms with Gasteiger partial charge in [0.15, 0.2) is 0 Å². The predicted molar refractivity (Wildman–Crippen MR) is 50.0 cm³/mol. The molecule has 0 saturated carbocycles. The second kappa shape index (κ2) is 2.59. The van der Waals surface area contributed by atoms with Gasteiger partial charge in [0.1, 0.15) is 0 Å². The molecule has 1 nitrogen and oxygen atoms in total. The first-order valence-electron chi connectivity index (χ1n) is 4.97. The van der Waals surface area contributed by atoms with E-state index in [4.69, 9.17) is 4.74 Å². The maximum Gasteiger partial charge on any atom is 0.0888 e. The lowest BCUT2D eigenvalue weighted by Crippen LogP contribution is -2.46. The second-order valence-electron chi connectivity index (χ2n) is 4.54. The van der Waals surface area contributed by atoms with Gasteiger partial charge >= 0.3 is 0 Å². The highest BCUT2D eigenvalue weighted by atomic mass is 16.5. The molecule has 2 bridgehead atoms. The van der Waals surface area contributed by atoms with Crippen LogP contribution in [0.4, 0.5) is 0 Å². The van der Waals surface area contributed by atoms with E-state index in [0.29, 0.717) is 5.92 Å². The van der Waals surface area contributed by atoms with Crippen molar-refractivity contribution in [3.63, 3.8) is 0 Å². The van der Waals surface area contributed by atoms with Crippen LogP contribution >= 0.6 is 0 Å². The van der Waals surface area contributed by atoms with Crippen molar-refractivity contribution in [3.8, 4) is 0 Å². The third-order valence-corrected chi connectivity index (χ3v) is 3.53. The van der Waals surface area contributed by atoms with E-state index in [1.54, 1.807) is 5.57 Å². The van der Waals surface area contributed by atoms with Crippen LogP contribution in [0.1, 0.15) is 33.6 Å². The van der Waals surface area contributed by atoms with Crippen molar-refractivity contribution in [2.75, 3.05) is 6.61 Å². The van der Waals surface area contributed by atoms with Crippen LogP contribution in [-0.2, 0) is 4.74 Å². The van der Waals surface area contributed by atoms with E-state index in [9.17, 15) is 0 Å². The minimum absolute atomic E-state index is 0.0961. The Morgan fingerprint density at radius 2 is 2.33 bits per heavy atom. The number of rotatable bonds is 1. The fourth-order valence-corrected chi connectivity index (χ4v) is 2.41. The fraction of sp³-hybridized carbons (Fsp3) is 0.818. The number of hydrogen-bond donors (Lipinski definition) is 0. The minimum Gasteiger partial charge on any atom is -0.370 e. The molecule has 68 valence electrons. The maximum atomic E-state index is 5.92. The van der Waals surface area contributed by atoms with Gasteiger partial charge in [0, 0.05) is 5.92 Å². The average molecular weight is 166 g/mol. The molecule has 0 aromatic heterocycles. The van der Waals surface area contributed by atoms with E-state index in [1.165, 1.54) is 12.8 Å². The molecule has 2 heterocycles. The Bertz CT molecular complexity index is 207. The molecule has 2 aliphatic heterocycles. The summed E-state index contributed by atoms with van der Waals surface area (Å²) in [5.41, 5.74) is 1.65. The first-order valence-corrected chi connectivity index (χ1v) is 4.97. The van der Waals surface area contributed by atoms with Crippen LogP contribution in [0.15, 0.2) is 11.6 Å².